The maximum absolute atomic E-state index is 11.8. The summed E-state index contributed by atoms with van der Waals surface area (Å²) in [5, 5.41) is 8.86. The van der Waals surface area contributed by atoms with Gasteiger partial charge < -0.3 is 10.5 Å². The lowest BCUT2D eigenvalue weighted by Crippen LogP contribution is -2.32. The zero-order valence-electron chi connectivity index (χ0n) is 10.8. The topological polar surface area (TPSA) is 84.2 Å². The highest BCUT2D eigenvalue weighted by Crippen LogP contribution is 1.99. The van der Waals surface area contributed by atoms with E-state index < -0.39 is 11.5 Å². The Morgan fingerprint density at radius 3 is 2.90 bits per heavy atom. The highest BCUT2D eigenvalue weighted by atomic mass is 16.4. The monoisotopic (exact) mass is 273 g/mol. The van der Waals surface area contributed by atoms with Crippen LogP contribution in [0.5, 0.6) is 0 Å². The average molecular weight is 273 g/mol. The first-order valence-corrected chi connectivity index (χ1v) is 6.26. The van der Waals surface area contributed by atoms with E-state index in [2.05, 4.69) is 10.4 Å². The summed E-state index contributed by atoms with van der Waals surface area (Å²) in [6.07, 6.45) is 6.69. The maximum Gasteiger partial charge on any atom is 0.341 e. The van der Waals surface area contributed by atoms with Crippen LogP contribution < -0.4 is 11.0 Å². The first kappa shape index (κ1) is 13.8. The molecule has 6 nitrogen and oxygen atoms in total. The van der Waals surface area contributed by atoms with E-state index in [-0.39, 0.29) is 5.56 Å². The van der Waals surface area contributed by atoms with Crippen LogP contribution >= 0.6 is 0 Å². The van der Waals surface area contributed by atoms with Gasteiger partial charge in [-0.3, -0.25) is 9.78 Å². The van der Waals surface area contributed by atoms with E-state index in [4.69, 9.17) is 5.11 Å². The lowest BCUT2D eigenvalue weighted by molar-refractivity contribution is 0.0694. The molecule has 0 unspecified atom stereocenters. The van der Waals surface area contributed by atoms with E-state index in [1.54, 1.807) is 12.4 Å². The van der Waals surface area contributed by atoms with E-state index in [1.165, 1.54) is 23.0 Å². The van der Waals surface area contributed by atoms with Crippen molar-refractivity contribution in [3.05, 3.63) is 64.3 Å². The molecule has 0 spiro atoms. The van der Waals surface area contributed by atoms with Crippen molar-refractivity contribution >= 4 is 5.97 Å². The number of hydrogen-bond acceptors (Lipinski definition) is 4. The Hall–Kier alpha value is -2.63. The van der Waals surface area contributed by atoms with Crippen LogP contribution in [0.4, 0.5) is 0 Å². The number of aromatic nitrogens is 2. The van der Waals surface area contributed by atoms with Crippen LogP contribution in [0.15, 0.2) is 47.7 Å². The molecule has 20 heavy (non-hydrogen) atoms. The summed E-state index contributed by atoms with van der Waals surface area (Å²) >= 11 is 0. The third kappa shape index (κ3) is 3.44. The molecule has 0 bridgehead atoms. The van der Waals surface area contributed by atoms with Crippen molar-refractivity contribution in [2.75, 3.05) is 12.0 Å². The molecule has 2 aromatic rings. The van der Waals surface area contributed by atoms with Crippen molar-refractivity contribution in [1.29, 1.82) is 0 Å². The lowest BCUT2D eigenvalue weighted by atomic mass is 10.2. The molecule has 0 aliphatic rings. The molecule has 2 aromatic heterocycles. The van der Waals surface area contributed by atoms with Crippen LogP contribution in [0.3, 0.4) is 0 Å². The Bertz CT molecular complexity index is 638. The van der Waals surface area contributed by atoms with Gasteiger partial charge in [-0.25, -0.2) is 9.47 Å². The Morgan fingerprint density at radius 2 is 2.20 bits per heavy atom. The molecule has 0 aromatic carbocycles. The normalized spacial score (nSPS) is 10.2. The van der Waals surface area contributed by atoms with Crippen molar-refractivity contribution in [2.24, 2.45) is 0 Å². The average Bonchev–Trinajstić information content (AvgIpc) is 2.46. The quantitative estimate of drug-likeness (QED) is 0.770. The second-order valence-corrected chi connectivity index (χ2v) is 4.28. The molecule has 0 saturated carbocycles. The Kier molecular flexibility index (Phi) is 4.49. The van der Waals surface area contributed by atoms with E-state index in [1.807, 2.05) is 12.1 Å². The number of aromatic carboxylic acids is 1. The summed E-state index contributed by atoms with van der Waals surface area (Å²) in [6.45, 7) is 0.567. The van der Waals surface area contributed by atoms with Crippen molar-refractivity contribution in [1.82, 2.24) is 9.66 Å². The van der Waals surface area contributed by atoms with Gasteiger partial charge in [-0.1, -0.05) is 6.07 Å². The van der Waals surface area contributed by atoms with E-state index in [0.29, 0.717) is 6.54 Å². The summed E-state index contributed by atoms with van der Waals surface area (Å²) in [4.78, 5) is 26.7. The molecule has 0 saturated heterocycles. The molecule has 104 valence electrons. The predicted octanol–water partition coefficient (Wildman–Crippen LogP) is 1.12. The second-order valence-electron chi connectivity index (χ2n) is 4.28. The van der Waals surface area contributed by atoms with E-state index >= 15 is 0 Å². The third-order valence-corrected chi connectivity index (χ3v) is 2.82. The molecular weight excluding hydrogens is 258 g/mol. The summed E-state index contributed by atoms with van der Waals surface area (Å²) in [7, 11) is 0. The maximum atomic E-state index is 11.8. The number of carboxylic acids is 1. The molecule has 2 rings (SSSR count). The van der Waals surface area contributed by atoms with Crippen molar-refractivity contribution in [2.45, 2.75) is 12.8 Å². The number of aryl methyl sites for hydroxylation is 1. The molecule has 0 aliphatic heterocycles. The highest BCUT2D eigenvalue weighted by molar-refractivity contribution is 5.86. The first-order valence-electron chi connectivity index (χ1n) is 6.26. The molecule has 0 fully saturated rings. The van der Waals surface area contributed by atoms with Gasteiger partial charge in [0.1, 0.15) is 5.56 Å². The fourth-order valence-corrected chi connectivity index (χ4v) is 1.82. The first-order chi connectivity index (χ1) is 9.68. The van der Waals surface area contributed by atoms with E-state index in [9.17, 15) is 9.59 Å². The number of nitrogens with zero attached hydrogens (tertiary/aromatic N) is 2. The van der Waals surface area contributed by atoms with Crippen molar-refractivity contribution in [3.63, 3.8) is 0 Å². The van der Waals surface area contributed by atoms with Crippen molar-refractivity contribution in [3.8, 4) is 0 Å². The number of hydrogen-bond donors (Lipinski definition) is 2. The molecule has 2 heterocycles. The third-order valence-electron chi connectivity index (χ3n) is 2.82. The Morgan fingerprint density at radius 1 is 1.35 bits per heavy atom. The molecule has 0 aliphatic carbocycles. The van der Waals surface area contributed by atoms with Gasteiger partial charge in [0.25, 0.3) is 5.56 Å². The minimum Gasteiger partial charge on any atom is -0.477 e. The summed E-state index contributed by atoms with van der Waals surface area (Å²) in [6, 6.07) is 6.69. The van der Waals surface area contributed by atoms with Gasteiger partial charge in [0.15, 0.2) is 0 Å². The fourth-order valence-electron chi connectivity index (χ4n) is 1.82. The zero-order valence-corrected chi connectivity index (χ0v) is 10.8. The van der Waals surface area contributed by atoms with Crippen LogP contribution in [-0.4, -0.2) is 27.3 Å². The number of nitrogens with one attached hydrogen (secondary N) is 1. The summed E-state index contributed by atoms with van der Waals surface area (Å²) < 4.78 is 1.20. The summed E-state index contributed by atoms with van der Waals surface area (Å²) in [5.41, 5.74) is 3.23. The Labute approximate surface area is 115 Å². The SMILES string of the molecule is O=C(O)c1cccn(NCCCc2cccnc2)c1=O. The van der Waals surface area contributed by atoms with Crippen molar-refractivity contribution < 1.29 is 9.90 Å². The molecule has 0 radical (unpaired) electrons. The number of carboxylic acid groups (broad SMARTS) is 1. The molecule has 0 amide bonds. The minimum absolute atomic E-state index is 0.243. The minimum atomic E-state index is -1.22. The second kappa shape index (κ2) is 6.51. The standard InChI is InChI=1S/C14H15N3O3/c18-13-12(14(19)20)6-3-9-17(13)16-8-2-5-11-4-1-7-15-10-11/h1,3-4,6-7,9-10,16H,2,5,8H2,(H,19,20). The van der Waals surface area contributed by atoms with Gasteiger partial charge in [0, 0.05) is 25.1 Å². The zero-order chi connectivity index (χ0) is 14.4. The smallest absolute Gasteiger partial charge is 0.341 e. The van der Waals surface area contributed by atoms with Crippen LogP contribution in [-0.2, 0) is 6.42 Å². The lowest BCUT2D eigenvalue weighted by Gasteiger charge is -2.09. The Balaban J connectivity index is 1.90. The number of carbonyl (C=O) groups is 1. The van der Waals surface area contributed by atoms with Gasteiger partial charge >= 0.3 is 5.97 Å². The van der Waals surface area contributed by atoms with Gasteiger partial charge in [-0.15, -0.1) is 0 Å². The number of pyridine rings is 2. The predicted molar refractivity (Wildman–Crippen MR) is 74.4 cm³/mol. The van der Waals surface area contributed by atoms with Gasteiger partial charge in [-0.05, 0) is 36.6 Å². The fraction of sp³-hybridized carbons (Fsp3) is 0.214. The largest absolute Gasteiger partial charge is 0.477 e. The molecular formula is C14H15N3O3. The van der Waals surface area contributed by atoms with Gasteiger partial charge in [0.05, 0.1) is 0 Å². The summed E-state index contributed by atoms with van der Waals surface area (Å²) in [5.74, 6) is -1.22. The molecule has 2 N–H and O–H groups in total. The molecule has 6 heteroatoms. The van der Waals surface area contributed by atoms with Gasteiger partial charge in [-0.2, -0.15) is 0 Å². The van der Waals surface area contributed by atoms with Crippen LogP contribution in [0.25, 0.3) is 0 Å². The van der Waals surface area contributed by atoms with Crippen LogP contribution in [0.2, 0.25) is 0 Å². The van der Waals surface area contributed by atoms with Gasteiger partial charge in [0.2, 0.25) is 0 Å². The molecule has 0 atom stereocenters. The van der Waals surface area contributed by atoms with Crippen LogP contribution in [0, 0.1) is 0 Å². The number of rotatable bonds is 6. The van der Waals surface area contributed by atoms with E-state index in [0.717, 1.165) is 18.4 Å². The van der Waals surface area contributed by atoms with Crippen LogP contribution in [0.1, 0.15) is 22.3 Å². The highest BCUT2D eigenvalue weighted by Gasteiger charge is 2.09.